The molecule has 0 unspecified atom stereocenters. The van der Waals surface area contributed by atoms with E-state index in [1.54, 1.807) is 51.0 Å². The Morgan fingerprint density at radius 3 is 1.88 bits per heavy atom. The molecule has 4 aromatic carbocycles. The van der Waals surface area contributed by atoms with Gasteiger partial charge in [0.1, 0.15) is 0 Å². The van der Waals surface area contributed by atoms with Gasteiger partial charge in [-0.05, 0) is 59.7 Å². The van der Waals surface area contributed by atoms with Crippen LogP contribution in [-0.2, 0) is 17.9 Å². The first-order valence-electron chi connectivity index (χ1n) is 13.4. The van der Waals surface area contributed by atoms with Gasteiger partial charge in [-0.25, -0.2) is 0 Å². The van der Waals surface area contributed by atoms with Crippen LogP contribution in [0.15, 0.2) is 131 Å². The van der Waals surface area contributed by atoms with Crippen molar-refractivity contribution in [3.05, 3.63) is 138 Å². The molecule has 6 aromatic rings. The van der Waals surface area contributed by atoms with Gasteiger partial charge < -0.3 is 10.2 Å². The smallest absolute Gasteiger partial charge is 0.251 e. The molecule has 0 saturated carbocycles. The summed E-state index contributed by atoms with van der Waals surface area (Å²) in [6, 6.07) is 35.0. The molecule has 0 spiro atoms. The number of fused-ring (bicyclic) bond motifs is 2. The number of rotatable bonds is 10. The summed E-state index contributed by atoms with van der Waals surface area (Å²) in [5.74, 6) is -0.107. The maximum absolute atomic E-state index is 12.6. The van der Waals surface area contributed by atoms with Gasteiger partial charge in [-0.1, -0.05) is 82.3 Å². The van der Waals surface area contributed by atoms with Gasteiger partial charge in [0.05, 0.1) is 17.6 Å². The molecule has 0 aliphatic rings. The first-order valence-corrected chi connectivity index (χ1v) is 15.5. The third-order valence-corrected chi connectivity index (χ3v) is 9.33. The second-order valence-electron chi connectivity index (χ2n) is 9.53. The number of carbonyl (C=O) groups is 2. The van der Waals surface area contributed by atoms with E-state index in [0.717, 1.165) is 54.8 Å². The molecule has 8 heteroatoms. The van der Waals surface area contributed by atoms with Crippen molar-refractivity contribution in [2.45, 2.75) is 22.9 Å². The molecule has 206 valence electrons. The summed E-state index contributed by atoms with van der Waals surface area (Å²) in [6.07, 6.45) is 4.45. The zero-order valence-electron chi connectivity index (χ0n) is 22.5. The van der Waals surface area contributed by atoms with Gasteiger partial charge in [0.15, 0.2) is 0 Å². The lowest BCUT2D eigenvalue weighted by Crippen LogP contribution is -2.22. The Labute approximate surface area is 251 Å². The van der Waals surface area contributed by atoms with Crippen molar-refractivity contribution < 1.29 is 9.59 Å². The maximum Gasteiger partial charge on any atom is 0.251 e. The molecule has 42 heavy (non-hydrogen) atoms. The Morgan fingerprint density at radius 1 is 0.690 bits per heavy atom. The largest absolute Gasteiger partial charge is 0.348 e. The van der Waals surface area contributed by atoms with Gasteiger partial charge in [-0.15, -0.1) is 0 Å². The van der Waals surface area contributed by atoms with Gasteiger partial charge >= 0.3 is 0 Å². The lowest BCUT2D eigenvalue weighted by molar-refractivity contribution is -0.107. The summed E-state index contributed by atoms with van der Waals surface area (Å²) in [5.41, 5.74) is 5.29. The Bertz CT molecular complexity index is 1870. The van der Waals surface area contributed by atoms with Gasteiger partial charge in [0, 0.05) is 50.8 Å². The third-order valence-electron chi connectivity index (χ3n) is 6.90. The predicted molar refractivity (Wildman–Crippen MR) is 172 cm³/mol. The van der Waals surface area contributed by atoms with Crippen LogP contribution in [0.5, 0.6) is 0 Å². The first kappa shape index (κ1) is 27.5. The lowest BCUT2D eigenvalue weighted by atomic mass is 10.1. The highest BCUT2D eigenvalue weighted by Crippen LogP contribution is 2.43. The molecule has 6 nitrogen and oxygen atoms in total. The van der Waals surface area contributed by atoms with Crippen LogP contribution < -0.4 is 10.2 Å². The van der Waals surface area contributed by atoms with Gasteiger partial charge in [-0.2, -0.15) is 0 Å². The number of pyridine rings is 2. The third kappa shape index (κ3) is 6.00. The highest BCUT2D eigenvalue weighted by Gasteiger charge is 2.14. The first-order chi connectivity index (χ1) is 20.7. The minimum Gasteiger partial charge on any atom is -0.348 e. The summed E-state index contributed by atoms with van der Waals surface area (Å²) in [6.45, 7) is 0.857. The van der Waals surface area contributed by atoms with E-state index in [4.69, 9.17) is 4.98 Å². The molecular formula is C34H26N4O2S2. The number of aromatic nitrogens is 2. The minimum absolute atomic E-state index is 0.107. The summed E-state index contributed by atoms with van der Waals surface area (Å²) in [4.78, 5) is 37.7. The summed E-state index contributed by atoms with van der Waals surface area (Å²) >= 11 is 0. The van der Waals surface area contributed by atoms with Crippen LogP contribution in [0, 0.1) is 0 Å². The van der Waals surface area contributed by atoms with Crippen LogP contribution in [0.1, 0.15) is 21.5 Å². The van der Waals surface area contributed by atoms with Crippen molar-refractivity contribution in [3.63, 3.8) is 0 Å². The van der Waals surface area contributed by atoms with E-state index in [-0.39, 0.29) is 5.91 Å². The van der Waals surface area contributed by atoms with E-state index in [1.165, 1.54) is 0 Å². The molecule has 2 heterocycles. The standard InChI is InChI=1S/C34H26N4O2S2/c39-23-38(27-11-5-2-6-12-27)22-26-16-18-31(33-29(26)14-8-20-36-33)42-41-30-17-15-25(28-13-7-19-35-32(28)30)21-37-34(40)24-9-3-1-4-10-24/h1-20,23H,21-22H2,(H,37,40). The van der Waals surface area contributed by atoms with Crippen molar-refractivity contribution in [3.8, 4) is 0 Å². The quantitative estimate of drug-likeness (QED) is 0.131. The number of hydrogen-bond donors (Lipinski definition) is 1. The van der Waals surface area contributed by atoms with Gasteiger partial charge in [0.2, 0.25) is 6.41 Å². The van der Waals surface area contributed by atoms with E-state index < -0.39 is 0 Å². The number of amides is 2. The molecule has 2 amide bonds. The Morgan fingerprint density at radius 2 is 1.26 bits per heavy atom. The van der Waals surface area contributed by atoms with Crippen LogP contribution in [0.4, 0.5) is 5.69 Å². The SMILES string of the molecule is O=CN(Cc1ccc(SSc2ccc(CNC(=O)c3ccccc3)c3cccnc23)c2ncccc12)c1ccccc1. The van der Waals surface area contributed by atoms with Crippen LogP contribution in [-0.4, -0.2) is 22.3 Å². The molecule has 0 bridgehead atoms. The highest BCUT2D eigenvalue weighted by molar-refractivity contribution is 8.76. The van der Waals surface area contributed by atoms with Crippen LogP contribution in [0.2, 0.25) is 0 Å². The van der Waals surface area contributed by atoms with Crippen molar-refractivity contribution in [2.75, 3.05) is 4.90 Å². The number of anilines is 1. The highest BCUT2D eigenvalue weighted by atomic mass is 33.1. The average molecular weight is 587 g/mol. The maximum atomic E-state index is 12.6. The second-order valence-corrected chi connectivity index (χ2v) is 11.7. The van der Waals surface area contributed by atoms with E-state index in [1.807, 2.05) is 66.7 Å². The number of nitrogens with zero attached hydrogens (tertiary/aromatic N) is 3. The minimum atomic E-state index is -0.107. The second kappa shape index (κ2) is 12.9. The number of para-hydroxylation sites is 1. The van der Waals surface area contributed by atoms with Crippen molar-refractivity contribution in [2.24, 2.45) is 0 Å². The van der Waals surface area contributed by atoms with Gasteiger partial charge in [-0.3, -0.25) is 19.6 Å². The number of nitrogens with one attached hydrogen (secondary N) is 1. The fourth-order valence-electron chi connectivity index (χ4n) is 4.79. The molecule has 2 aromatic heterocycles. The summed E-state index contributed by atoms with van der Waals surface area (Å²) < 4.78 is 0. The monoisotopic (exact) mass is 586 g/mol. The molecule has 0 aliphatic heterocycles. The van der Waals surface area contributed by atoms with Crippen LogP contribution in [0.25, 0.3) is 21.8 Å². The molecule has 0 saturated heterocycles. The molecule has 0 atom stereocenters. The fourth-order valence-corrected chi connectivity index (χ4v) is 7.04. The molecule has 0 aliphatic carbocycles. The van der Waals surface area contributed by atoms with E-state index in [2.05, 4.69) is 40.6 Å². The normalized spacial score (nSPS) is 11.0. The fraction of sp³-hybridized carbons (Fsp3) is 0.0588. The van der Waals surface area contributed by atoms with E-state index in [9.17, 15) is 9.59 Å². The number of benzene rings is 4. The number of hydrogen-bond acceptors (Lipinski definition) is 6. The summed E-state index contributed by atoms with van der Waals surface area (Å²) in [5, 5.41) is 5.04. The van der Waals surface area contributed by atoms with Crippen LogP contribution >= 0.6 is 21.6 Å². The van der Waals surface area contributed by atoms with E-state index >= 15 is 0 Å². The topological polar surface area (TPSA) is 75.2 Å². The Kier molecular flexibility index (Phi) is 8.44. The lowest BCUT2D eigenvalue weighted by Gasteiger charge is -2.19. The molecule has 0 radical (unpaired) electrons. The van der Waals surface area contributed by atoms with Crippen LogP contribution in [0.3, 0.4) is 0 Å². The predicted octanol–water partition coefficient (Wildman–Crippen LogP) is 7.68. The Hall–Kier alpha value is -4.66. The number of carbonyl (C=O) groups excluding carboxylic acids is 2. The van der Waals surface area contributed by atoms with Gasteiger partial charge in [0.25, 0.3) is 5.91 Å². The molecule has 0 fully saturated rings. The zero-order valence-corrected chi connectivity index (χ0v) is 24.1. The molecule has 1 N–H and O–H groups in total. The molecule has 6 rings (SSSR count). The van der Waals surface area contributed by atoms with Crippen molar-refractivity contribution >= 4 is 61.4 Å². The average Bonchev–Trinajstić information content (AvgIpc) is 3.06. The van der Waals surface area contributed by atoms with Crippen molar-refractivity contribution in [1.82, 2.24) is 15.3 Å². The summed E-state index contributed by atoms with van der Waals surface area (Å²) in [7, 11) is 3.26. The Balaban J connectivity index is 1.22. The van der Waals surface area contributed by atoms with E-state index in [0.29, 0.717) is 18.7 Å². The zero-order chi connectivity index (χ0) is 28.7. The molecular weight excluding hydrogens is 561 g/mol. The van der Waals surface area contributed by atoms with Crippen molar-refractivity contribution in [1.29, 1.82) is 0 Å².